The molecular weight excluding hydrogens is 286 g/mol. The summed E-state index contributed by atoms with van der Waals surface area (Å²) in [5, 5.41) is 2.85. The molecule has 0 aliphatic heterocycles. The molecule has 106 valence electrons. The summed E-state index contributed by atoms with van der Waals surface area (Å²) >= 11 is 1.33. The van der Waals surface area contributed by atoms with Crippen LogP contribution >= 0.6 is 11.3 Å². The van der Waals surface area contributed by atoms with Crippen molar-refractivity contribution in [2.24, 2.45) is 5.84 Å². The molecule has 2 aromatic heterocycles. The molecule has 2 heterocycles. The van der Waals surface area contributed by atoms with Crippen LogP contribution in [0.4, 0.5) is 0 Å². The number of fused-ring (bicyclic) bond motifs is 1. The first-order chi connectivity index (χ1) is 10.3. The van der Waals surface area contributed by atoms with Crippen LogP contribution in [0.5, 0.6) is 5.75 Å². The molecule has 0 radical (unpaired) electrons. The van der Waals surface area contributed by atoms with E-state index in [0.717, 1.165) is 16.5 Å². The Kier molecular flexibility index (Phi) is 3.81. The van der Waals surface area contributed by atoms with Crippen molar-refractivity contribution in [1.29, 1.82) is 0 Å². The molecule has 5 nitrogen and oxygen atoms in total. The highest BCUT2D eigenvalue weighted by molar-refractivity contribution is 7.12. The van der Waals surface area contributed by atoms with E-state index in [9.17, 15) is 4.79 Å². The van der Waals surface area contributed by atoms with Crippen molar-refractivity contribution in [3.63, 3.8) is 0 Å². The van der Waals surface area contributed by atoms with Gasteiger partial charge in [-0.15, -0.1) is 11.3 Å². The van der Waals surface area contributed by atoms with E-state index in [1.165, 1.54) is 11.3 Å². The maximum atomic E-state index is 11.6. The maximum Gasteiger partial charge on any atom is 0.275 e. The van der Waals surface area contributed by atoms with Gasteiger partial charge in [0, 0.05) is 10.9 Å². The molecule has 1 amide bonds. The van der Waals surface area contributed by atoms with E-state index in [4.69, 9.17) is 10.6 Å². The van der Waals surface area contributed by atoms with Gasteiger partial charge in [0.05, 0.1) is 16.6 Å². The van der Waals surface area contributed by atoms with E-state index in [1.807, 2.05) is 41.8 Å². The van der Waals surface area contributed by atoms with Crippen LogP contribution in [0.15, 0.2) is 48.0 Å². The number of carbonyl (C=O) groups excluding carboxylic acids is 1. The van der Waals surface area contributed by atoms with Gasteiger partial charge in [0.15, 0.2) is 0 Å². The Bertz CT molecular complexity index is 785. The van der Waals surface area contributed by atoms with Gasteiger partial charge in [0.25, 0.3) is 5.91 Å². The van der Waals surface area contributed by atoms with Crippen LogP contribution in [0.3, 0.4) is 0 Å². The summed E-state index contributed by atoms with van der Waals surface area (Å²) in [5.41, 5.74) is 3.86. The number of pyridine rings is 1. The standard InChI is InChI=1S/C15H13N3O2S/c16-18-15(19)14-11(5-6-21-14)9-20-12-7-10-3-1-2-4-13(10)17-8-12/h1-8H,9,16H2,(H,18,19). The van der Waals surface area contributed by atoms with E-state index in [2.05, 4.69) is 10.4 Å². The number of hydrazine groups is 1. The first kappa shape index (κ1) is 13.5. The van der Waals surface area contributed by atoms with Gasteiger partial charge >= 0.3 is 0 Å². The lowest BCUT2D eigenvalue weighted by Gasteiger charge is -2.07. The van der Waals surface area contributed by atoms with Crippen molar-refractivity contribution in [2.45, 2.75) is 6.61 Å². The molecule has 0 bridgehead atoms. The van der Waals surface area contributed by atoms with Crippen molar-refractivity contribution in [2.75, 3.05) is 0 Å². The fraction of sp³-hybridized carbons (Fsp3) is 0.0667. The molecule has 1 aromatic carbocycles. The summed E-state index contributed by atoms with van der Waals surface area (Å²) in [5.74, 6) is 5.52. The zero-order valence-corrected chi connectivity index (χ0v) is 11.9. The number of hydrogen-bond donors (Lipinski definition) is 2. The predicted molar refractivity (Wildman–Crippen MR) is 82.0 cm³/mol. The van der Waals surface area contributed by atoms with Crippen molar-refractivity contribution < 1.29 is 9.53 Å². The highest BCUT2D eigenvalue weighted by Gasteiger charge is 2.12. The quantitative estimate of drug-likeness (QED) is 0.441. The fourth-order valence-electron chi connectivity index (χ4n) is 2.00. The monoisotopic (exact) mass is 299 g/mol. The van der Waals surface area contributed by atoms with Gasteiger partial charge in [-0.1, -0.05) is 18.2 Å². The zero-order valence-electron chi connectivity index (χ0n) is 11.1. The summed E-state index contributed by atoms with van der Waals surface area (Å²) in [6.07, 6.45) is 1.68. The summed E-state index contributed by atoms with van der Waals surface area (Å²) < 4.78 is 5.72. The fourth-order valence-corrected chi connectivity index (χ4v) is 2.82. The number of aromatic nitrogens is 1. The minimum Gasteiger partial charge on any atom is -0.487 e. The Morgan fingerprint density at radius 2 is 2.19 bits per heavy atom. The summed E-state index contributed by atoms with van der Waals surface area (Å²) in [7, 11) is 0. The van der Waals surface area contributed by atoms with Gasteiger partial charge in [-0.3, -0.25) is 15.2 Å². The van der Waals surface area contributed by atoms with Gasteiger partial charge < -0.3 is 4.74 Å². The number of nitrogens with zero attached hydrogens (tertiary/aromatic N) is 1. The molecule has 0 aliphatic rings. The second-order valence-corrected chi connectivity index (χ2v) is 5.32. The van der Waals surface area contributed by atoms with Crippen molar-refractivity contribution in [3.8, 4) is 5.75 Å². The number of carbonyl (C=O) groups is 1. The lowest BCUT2D eigenvalue weighted by atomic mass is 10.2. The van der Waals surface area contributed by atoms with Crippen LogP contribution in [-0.4, -0.2) is 10.9 Å². The van der Waals surface area contributed by atoms with Crippen LogP contribution in [0.25, 0.3) is 10.9 Å². The summed E-state index contributed by atoms with van der Waals surface area (Å²) in [6, 6.07) is 11.6. The van der Waals surface area contributed by atoms with E-state index >= 15 is 0 Å². The van der Waals surface area contributed by atoms with Crippen molar-refractivity contribution in [1.82, 2.24) is 10.4 Å². The number of benzene rings is 1. The second kappa shape index (κ2) is 5.90. The highest BCUT2D eigenvalue weighted by atomic mass is 32.1. The molecule has 0 atom stereocenters. The molecule has 0 aliphatic carbocycles. The van der Waals surface area contributed by atoms with Crippen LogP contribution < -0.4 is 16.0 Å². The molecule has 3 rings (SSSR count). The number of nitrogens with one attached hydrogen (secondary N) is 1. The molecule has 0 spiro atoms. The minimum absolute atomic E-state index is 0.298. The van der Waals surface area contributed by atoms with Crippen LogP contribution in [0.2, 0.25) is 0 Å². The summed E-state index contributed by atoms with van der Waals surface area (Å²) in [6.45, 7) is 0.298. The van der Waals surface area contributed by atoms with E-state index in [1.54, 1.807) is 6.20 Å². The number of ether oxygens (including phenoxy) is 1. The Labute approximate surface area is 125 Å². The molecular formula is C15H13N3O2S. The first-order valence-corrected chi connectivity index (χ1v) is 7.21. The molecule has 6 heteroatoms. The van der Waals surface area contributed by atoms with Crippen molar-refractivity contribution >= 4 is 28.1 Å². The van der Waals surface area contributed by atoms with Gasteiger partial charge in [-0.05, 0) is 23.6 Å². The topological polar surface area (TPSA) is 77.2 Å². The number of hydrogen-bond acceptors (Lipinski definition) is 5. The Balaban J connectivity index is 1.77. The molecule has 3 aromatic rings. The van der Waals surface area contributed by atoms with Gasteiger partial charge in [0.1, 0.15) is 12.4 Å². The number of nitrogen functional groups attached to an aromatic ring is 1. The lowest BCUT2D eigenvalue weighted by molar-refractivity contribution is 0.0955. The van der Waals surface area contributed by atoms with Crippen molar-refractivity contribution in [3.05, 3.63) is 58.4 Å². The van der Waals surface area contributed by atoms with Gasteiger partial charge in [-0.2, -0.15) is 0 Å². The third kappa shape index (κ3) is 2.86. The molecule has 0 saturated heterocycles. The number of amides is 1. The molecule has 21 heavy (non-hydrogen) atoms. The minimum atomic E-state index is -0.305. The van der Waals surface area contributed by atoms with E-state index < -0.39 is 0 Å². The molecule has 0 unspecified atom stereocenters. The molecule has 0 fully saturated rings. The van der Waals surface area contributed by atoms with Gasteiger partial charge in [-0.25, -0.2) is 5.84 Å². The Hall–Kier alpha value is -2.44. The van der Waals surface area contributed by atoms with Gasteiger partial charge in [0.2, 0.25) is 0 Å². The zero-order chi connectivity index (χ0) is 14.7. The second-order valence-electron chi connectivity index (χ2n) is 4.40. The summed E-state index contributed by atoms with van der Waals surface area (Å²) in [4.78, 5) is 16.5. The average Bonchev–Trinajstić information content (AvgIpc) is 3.00. The van der Waals surface area contributed by atoms with E-state index in [0.29, 0.717) is 17.2 Å². The largest absolute Gasteiger partial charge is 0.487 e. The SMILES string of the molecule is NNC(=O)c1sccc1COc1cnc2ccccc2c1. The number of thiophene rings is 1. The smallest absolute Gasteiger partial charge is 0.275 e. The Morgan fingerprint density at radius 1 is 1.33 bits per heavy atom. The normalized spacial score (nSPS) is 10.5. The predicted octanol–water partition coefficient (Wildman–Crippen LogP) is 2.48. The van der Waals surface area contributed by atoms with Crippen LogP contribution in [-0.2, 0) is 6.61 Å². The third-order valence-corrected chi connectivity index (χ3v) is 4.00. The Morgan fingerprint density at radius 3 is 3.05 bits per heavy atom. The van der Waals surface area contributed by atoms with E-state index in [-0.39, 0.29) is 5.91 Å². The van der Waals surface area contributed by atoms with Crippen LogP contribution in [0.1, 0.15) is 15.2 Å². The average molecular weight is 299 g/mol. The first-order valence-electron chi connectivity index (χ1n) is 6.33. The molecule has 0 saturated carbocycles. The lowest BCUT2D eigenvalue weighted by Crippen LogP contribution is -2.30. The van der Waals surface area contributed by atoms with Crippen LogP contribution in [0, 0.1) is 0 Å². The maximum absolute atomic E-state index is 11.6. The highest BCUT2D eigenvalue weighted by Crippen LogP contribution is 2.21. The number of rotatable bonds is 4. The number of para-hydroxylation sites is 1. The third-order valence-electron chi connectivity index (χ3n) is 3.04. The number of nitrogens with two attached hydrogens (primary N) is 1. The molecule has 3 N–H and O–H groups in total.